The van der Waals surface area contributed by atoms with Crippen molar-refractivity contribution < 1.29 is 5.11 Å². The first-order chi connectivity index (χ1) is 5.31. The fraction of sp³-hybridized carbons (Fsp3) is 0.900. The van der Waals surface area contributed by atoms with Gasteiger partial charge in [-0.05, 0) is 25.7 Å². The standard InChI is InChI=1S/C10H20O/c1-3-4-7-10(2)8-5-6-9-11/h1,10-11H,3-9H2,2H3. The van der Waals surface area contributed by atoms with Gasteiger partial charge in [-0.2, -0.15) is 0 Å². The van der Waals surface area contributed by atoms with Crippen molar-refractivity contribution >= 4 is 0 Å². The molecule has 0 aromatic rings. The topological polar surface area (TPSA) is 20.2 Å². The van der Waals surface area contributed by atoms with Crippen molar-refractivity contribution in [1.29, 1.82) is 0 Å². The van der Waals surface area contributed by atoms with Gasteiger partial charge in [0.25, 0.3) is 0 Å². The van der Waals surface area contributed by atoms with Crippen molar-refractivity contribution in [2.45, 2.75) is 45.4 Å². The second-order valence-corrected chi connectivity index (χ2v) is 3.26. The zero-order valence-corrected chi connectivity index (χ0v) is 7.55. The normalized spacial score (nSPS) is 13.4. The fourth-order valence-corrected chi connectivity index (χ4v) is 1.22. The predicted octanol–water partition coefficient (Wildman–Crippen LogP) is 2.67. The molecule has 1 unspecified atom stereocenters. The van der Waals surface area contributed by atoms with Crippen LogP contribution in [0.25, 0.3) is 0 Å². The minimum Gasteiger partial charge on any atom is -0.396 e. The van der Waals surface area contributed by atoms with Gasteiger partial charge in [0.1, 0.15) is 0 Å². The van der Waals surface area contributed by atoms with Gasteiger partial charge < -0.3 is 5.11 Å². The molecular formula is C10H20O. The van der Waals surface area contributed by atoms with Crippen LogP contribution in [-0.2, 0) is 0 Å². The molecule has 1 N–H and O–H groups in total. The Kier molecular flexibility index (Phi) is 8.03. The maximum absolute atomic E-state index is 8.54. The summed E-state index contributed by atoms with van der Waals surface area (Å²) < 4.78 is 0. The third kappa shape index (κ3) is 7.86. The van der Waals surface area contributed by atoms with Crippen LogP contribution in [0.15, 0.2) is 0 Å². The van der Waals surface area contributed by atoms with E-state index in [1.165, 1.54) is 12.8 Å². The van der Waals surface area contributed by atoms with E-state index >= 15 is 0 Å². The highest BCUT2D eigenvalue weighted by atomic mass is 16.2. The minimum atomic E-state index is 0.337. The molecule has 11 heavy (non-hydrogen) atoms. The summed E-state index contributed by atoms with van der Waals surface area (Å²) in [7, 11) is 0. The lowest BCUT2D eigenvalue weighted by Crippen LogP contribution is -1.95. The molecule has 0 spiro atoms. The molecule has 0 aliphatic carbocycles. The Balaban J connectivity index is 3.02. The first-order valence-corrected chi connectivity index (χ1v) is 4.62. The fourth-order valence-electron chi connectivity index (χ4n) is 1.22. The van der Waals surface area contributed by atoms with Gasteiger partial charge in [-0.1, -0.05) is 32.6 Å². The summed E-state index contributed by atoms with van der Waals surface area (Å²) in [5.41, 5.74) is 0. The number of unbranched alkanes of at least 4 members (excludes halogenated alkanes) is 2. The Morgan fingerprint density at radius 1 is 1.18 bits per heavy atom. The molecular weight excluding hydrogens is 136 g/mol. The third-order valence-electron chi connectivity index (χ3n) is 2.01. The van der Waals surface area contributed by atoms with Crippen molar-refractivity contribution in [3.05, 3.63) is 6.92 Å². The van der Waals surface area contributed by atoms with Crippen LogP contribution in [0.2, 0.25) is 0 Å². The molecule has 0 aromatic carbocycles. The van der Waals surface area contributed by atoms with Crippen LogP contribution < -0.4 is 0 Å². The Morgan fingerprint density at radius 2 is 1.82 bits per heavy atom. The van der Waals surface area contributed by atoms with Gasteiger partial charge in [0.15, 0.2) is 0 Å². The van der Waals surface area contributed by atoms with Crippen molar-refractivity contribution in [2.24, 2.45) is 5.92 Å². The first kappa shape index (κ1) is 11.0. The molecule has 0 aliphatic heterocycles. The summed E-state index contributed by atoms with van der Waals surface area (Å²) in [6.07, 6.45) is 6.53. The van der Waals surface area contributed by atoms with Gasteiger partial charge in [-0.25, -0.2) is 0 Å². The molecule has 1 atom stereocenters. The zero-order chi connectivity index (χ0) is 8.53. The Labute approximate surface area is 70.8 Å². The van der Waals surface area contributed by atoms with E-state index in [1.54, 1.807) is 0 Å². The van der Waals surface area contributed by atoms with Gasteiger partial charge in [-0.15, -0.1) is 0 Å². The third-order valence-corrected chi connectivity index (χ3v) is 2.01. The lowest BCUT2D eigenvalue weighted by molar-refractivity contribution is 0.277. The summed E-state index contributed by atoms with van der Waals surface area (Å²) in [6, 6.07) is 0. The molecule has 0 amide bonds. The van der Waals surface area contributed by atoms with Crippen molar-refractivity contribution in [2.75, 3.05) is 6.61 Å². The van der Waals surface area contributed by atoms with Gasteiger partial charge in [0.2, 0.25) is 0 Å². The molecule has 0 rings (SSSR count). The zero-order valence-electron chi connectivity index (χ0n) is 7.55. The largest absolute Gasteiger partial charge is 0.396 e. The lowest BCUT2D eigenvalue weighted by Gasteiger charge is -2.08. The summed E-state index contributed by atoms with van der Waals surface area (Å²) >= 11 is 0. The van der Waals surface area contributed by atoms with Crippen LogP contribution in [-0.4, -0.2) is 11.7 Å². The molecule has 0 saturated heterocycles. The molecule has 0 heterocycles. The molecule has 0 fully saturated rings. The van der Waals surface area contributed by atoms with Crippen LogP contribution in [0.4, 0.5) is 0 Å². The van der Waals surface area contributed by atoms with Crippen molar-refractivity contribution in [3.63, 3.8) is 0 Å². The monoisotopic (exact) mass is 156 g/mol. The van der Waals surface area contributed by atoms with E-state index in [1.807, 2.05) is 0 Å². The van der Waals surface area contributed by atoms with E-state index in [0.717, 1.165) is 31.6 Å². The first-order valence-electron chi connectivity index (χ1n) is 4.62. The number of aliphatic hydroxyl groups excluding tert-OH is 1. The number of rotatable bonds is 7. The molecule has 0 bridgehead atoms. The van der Waals surface area contributed by atoms with E-state index < -0.39 is 0 Å². The minimum absolute atomic E-state index is 0.337. The second kappa shape index (κ2) is 8.06. The van der Waals surface area contributed by atoms with Gasteiger partial charge in [0.05, 0.1) is 0 Å². The van der Waals surface area contributed by atoms with E-state index in [2.05, 4.69) is 6.92 Å². The molecule has 0 saturated carbocycles. The Morgan fingerprint density at radius 3 is 2.36 bits per heavy atom. The van der Waals surface area contributed by atoms with Crippen LogP contribution in [0.1, 0.15) is 45.4 Å². The van der Waals surface area contributed by atoms with E-state index in [0.29, 0.717) is 6.61 Å². The van der Waals surface area contributed by atoms with E-state index in [9.17, 15) is 0 Å². The maximum atomic E-state index is 8.54. The average Bonchev–Trinajstić information content (AvgIpc) is 2.01. The highest BCUT2D eigenvalue weighted by Crippen LogP contribution is 2.14. The Bertz CT molecular complexity index is 71.3. The highest BCUT2D eigenvalue weighted by Gasteiger charge is 1.99. The highest BCUT2D eigenvalue weighted by molar-refractivity contribution is 4.54. The van der Waals surface area contributed by atoms with Gasteiger partial charge in [-0.3, -0.25) is 0 Å². The van der Waals surface area contributed by atoms with E-state index in [4.69, 9.17) is 12.0 Å². The van der Waals surface area contributed by atoms with Crippen LogP contribution in [0.5, 0.6) is 0 Å². The Hall–Kier alpha value is -0.0400. The number of hydrogen-bond donors (Lipinski definition) is 1. The number of hydrogen-bond acceptors (Lipinski definition) is 1. The smallest absolute Gasteiger partial charge is 0.0431 e. The van der Waals surface area contributed by atoms with E-state index in [-0.39, 0.29) is 0 Å². The molecule has 0 aliphatic rings. The quantitative estimate of drug-likeness (QED) is 0.562. The SMILES string of the molecule is [CH]CCCC(C)CCCCO. The molecule has 2 radical (unpaired) electrons. The average molecular weight is 156 g/mol. The molecule has 1 nitrogen and oxygen atoms in total. The van der Waals surface area contributed by atoms with Crippen LogP contribution in [0, 0.1) is 12.8 Å². The summed E-state index contributed by atoms with van der Waals surface area (Å²) in [6.45, 7) is 7.99. The molecule has 1 heteroatoms. The summed E-state index contributed by atoms with van der Waals surface area (Å²) in [5, 5.41) is 8.54. The lowest BCUT2D eigenvalue weighted by atomic mass is 9.98. The predicted molar refractivity (Wildman–Crippen MR) is 48.3 cm³/mol. The van der Waals surface area contributed by atoms with Crippen LogP contribution >= 0.6 is 0 Å². The molecule has 66 valence electrons. The van der Waals surface area contributed by atoms with Gasteiger partial charge in [0, 0.05) is 6.61 Å². The van der Waals surface area contributed by atoms with Crippen molar-refractivity contribution in [1.82, 2.24) is 0 Å². The molecule has 0 aromatic heterocycles. The second-order valence-electron chi connectivity index (χ2n) is 3.26. The van der Waals surface area contributed by atoms with Crippen molar-refractivity contribution in [3.8, 4) is 0 Å². The van der Waals surface area contributed by atoms with Gasteiger partial charge >= 0.3 is 0 Å². The number of aliphatic hydroxyl groups is 1. The summed E-state index contributed by atoms with van der Waals surface area (Å²) in [5.74, 6) is 0.782. The maximum Gasteiger partial charge on any atom is 0.0431 e. The van der Waals surface area contributed by atoms with Crippen LogP contribution in [0.3, 0.4) is 0 Å². The summed E-state index contributed by atoms with van der Waals surface area (Å²) in [4.78, 5) is 0.